The average molecular weight is 172 g/mol. The normalized spacial score (nSPS) is 25.0. The van der Waals surface area contributed by atoms with Crippen molar-refractivity contribution < 1.29 is 4.79 Å². The van der Waals surface area contributed by atoms with Gasteiger partial charge in [0.05, 0.1) is 5.25 Å². The zero-order valence-corrected chi connectivity index (χ0v) is 7.95. The van der Waals surface area contributed by atoms with Crippen molar-refractivity contribution >= 4 is 17.5 Å². The van der Waals surface area contributed by atoms with Crippen molar-refractivity contribution in [2.75, 3.05) is 5.75 Å². The predicted octanol–water partition coefficient (Wildman–Crippen LogP) is 2.64. The summed E-state index contributed by atoms with van der Waals surface area (Å²) in [4.78, 5) is 11.4. The van der Waals surface area contributed by atoms with Crippen LogP contribution in [0.2, 0.25) is 0 Å². The molecule has 0 aliphatic carbocycles. The van der Waals surface area contributed by atoms with Gasteiger partial charge in [0.15, 0.2) is 0 Å². The minimum Gasteiger partial charge on any atom is -0.298 e. The monoisotopic (exact) mass is 172 g/mol. The van der Waals surface area contributed by atoms with Crippen molar-refractivity contribution in [3.63, 3.8) is 0 Å². The van der Waals surface area contributed by atoms with Crippen LogP contribution < -0.4 is 0 Å². The highest BCUT2D eigenvalue weighted by molar-refractivity contribution is 8.00. The van der Waals surface area contributed by atoms with Crippen LogP contribution in [0.15, 0.2) is 0 Å². The van der Waals surface area contributed by atoms with Crippen LogP contribution in [0.5, 0.6) is 0 Å². The zero-order valence-electron chi connectivity index (χ0n) is 7.14. The van der Waals surface area contributed by atoms with E-state index in [9.17, 15) is 4.79 Å². The largest absolute Gasteiger partial charge is 0.298 e. The van der Waals surface area contributed by atoms with Crippen LogP contribution in [0.25, 0.3) is 0 Å². The van der Waals surface area contributed by atoms with Gasteiger partial charge in [-0.15, -0.1) is 0 Å². The van der Waals surface area contributed by atoms with Crippen LogP contribution in [0.1, 0.15) is 39.0 Å². The average Bonchev–Trinajstić information content (AvgIpc) is 2.07. The Balaban J connectivity index is 2.27. The molecule has 1 atom stereocenters. The van der Waals surface area contributed by atoms with Gasteiger partial charge >= 0.3 is 0 Å². The van der Waals surface area contributed by atoms with Crippen molar-refractivity contribution in [1.29, 1.82) is 0 Å². The summed E-state index contributed by atoms with van der Waals surface area (Å²) in [6.45, 7) is 2.07. The van der Waals surface area contributed by atoms with Gasteiger partial charge in [0.25, 0.3) is 0 Å². The van der Waals surface area contributed by atoms with E-state index in [4.69, 9.17) is 0 Å². The Labute approximate surface area is 72.9 Å². The van der Waals surface area contributed by atoms with Crippen LogP contribution in [0, 0.1) is 0 Å². The van der Waals surface area contributed by atoms with Gasteiger partial charge in [-0.1, -0.05) is 13.3 Å². The third kappa shape index (κ3) is 2.86. The number of carbonyl (C=O) groups excluding carboxylic acids is 1. The van der Waals surface area contributed by atoms with Crippen LogP contribution in [0.3, 0.4) is 0 Å². The maximum atomic E-state index is 11.4. The van der Waals surface area contributed by atoms with Crippen LogP contribution in [-0.2, 0) is 4.79 Å². The lowest BCUT2D eigenvalue weighted by Crippen LogP contribution is -2.20. The number of ketones is 1. The Kier molecular flexibility index (Phi) is 3.98. The lowest BCUT2D eigenvalue weighted by atomic mass is 10.1. The van der Waals surface area contributed by atoms with E-state index < -0.39 is 0 Å². The highest BCUT2D eigenvalue weighted by atomic mass is 32.2. The van der Waals surface area contributed by atoms with Gasteiger partial charge in [-0.2, -0.15) is 11.8 Å². The van der Waals surface area contributed by atoms with Gasteiger partial charge < -0.3 is 0 Å². The summed E-state index contributed by atoms with van der Waals surface area (Å²) in [5.74, 6) is 1.68. The van der Waals surface area contributed by atoms with Crippen molar-refractivity contribution in [3.05, 3.63) is 0 Å². The molecule has 0 saturated carbocycles. The summed E-state index contributed by atoms with van der Waals surface area (Å²) in [6.07, 6.45) is 5.49. The number of Topliss-reactive ketones (excluding diaryl/α,β-unsaturated/α-hetero) is 1. The molecule has 0 aromatic carbocycles. The maximum Gasteiger partial charge on any atom is 0.145 e. The van der Waals surface area contributed by atoms with Crippen LogP contribution >= 0.6 is 11.8 Å². The molecule has 0 aromatic heterocycles. The second kappa shape index (κ2) is 4.81. The highest BCUT2D eigenvalue weighted by Gasteiger charge is 2.20. The summed E-state index contributed by atoms with van der Waals surface area (Å²) in [6, 6.07) is 0. The molecule has 0 bridgehead atoms. The number of hydrogen-bond donors (Lipinski definition) is 0. The summed E-state index contributed by atoms with van der Waals surface area (Å²) in [7, 11) is 0. The first-order chi connectivity index (χ1) is 5.34. The van der Waals surface area contributed by atoms with Gasteiger partial charge in [0.2, 0.25) is 0 Å². The fourth-order valence-electron chi connectivity index (χ4n) is 1.40. The smallest absolute Gasteiger partial charge is 0.145 e. The van der Waals surface area contributed by atoms with E-state index in [0.717, 1.165) is 19.3 Å². The van der Waals surface area contributed by atoms with E-state index in [-0.39, 0.29) is 0 Å². The first kappa shape index (κ1) is 9.11. The molecule has 1 unspecified atom stereocenters. The minimum atomic E-state index is 0.351. The fraction of sp³-hybridized carbons (Fsp3) is 0.889. The van der Waals surface area contributed by atoms with Crippen molar-refractivity contribution in [1.82, 2.24) is 0 Å². The number of thioether (sulfide) groups is 1. The standard InChI is InChI=1S/C9H16OS/c1-2-5-8(10)9-6-3-4-7-11-9/h9H,2-7H2,1H3. The van der Waals surface area contributed by atoms with Gasteiger partial charge in [0.1, 0.15) is 5.78 Å². The second-order valence-electron chi connectivity index (χ2n) is 3.07. The first-order valence-electron chi connectivity index (χ1n) is 4.49. The Morgan fingerprint density at radius 2 is 2.36 bits per heavy atom. The summed E-state index contributed by atoms with van der Waals surface area (Å²) in [5, 5.41) is 0.351. The third-order valence-corrected chi connectivity index (χ3v) is 3.46. The Morgan fingerprint density at radius 1 is 1.55 bits per heavy atom. The Hall–Kier alpha value is 0.0200. The first-order valence-corrected chi connectivity index (χ1v) is 5.53. The van der Waals surface area contributed by atoms with Gasteiger partial charge in [-0.05, 0) is 25.0 Å². The molecule has 1 aliphatic rings. The highest BCUT2D eigenvalue weighted by Crippen LogP contribution is 2.26. The molecular weight excluding hydrogens is 156 g/mol. The molecule has 1 fully saturated rings. The van der Waals surface area contributed by atoms with Crippen molar-refractivity contribution in [2.24, 2.45) is 0 Å². The van der Waals surface area contributed by atoms with Crippen molar-refractivity contribution in [3.8, 4) is 0 Å². The zero-order chi connectivity index (χ0) is 8.10. The number of hydrogen-bond acceptors (Lipinski definition) is 2. The van der Waals surface area contributed by atoms with E-state index in [2.05, 4.69) is 6.92 Å². The molecule has 0 aromatic rings. The molecule has 1 nitrogen and oxygen atoms in total. The molecule has 0 N–H and O–H groups in total. The van der Waals surface area contributed by atoms with Crippen LogP contribution in [0.4, 0.5) is 0 Å². The van der Waals surface area contributed by atoms with Crippen molar-refractivity contribution in [2.45, 2.75) is 44.3 Å². The second-order valence-corrected chi connectivity index (χ2v) is 4.38. The Bertz CT molecular complexity index is 128. The van der Waals surface area contributed by atoms with Crippen LogP contribution in [-0.4, -0.2) is 16.8 Å². The molecule has 64 valence electrons. The lowest BCUT2D eigenvalue weighted by molar-refractivity contribution is -0.118. The molecule has 0 amide bonds. The van der Waals surface area contributed by atoms with E-state index in [1.54, 1.807) is 0 Å². The SMILES string of the molecule is CCCC(=O)C1CCCCS1. The number of carbonyl (C=O) groups is 1. The molecule has 0 radical (unpaired) electrons. The molecular formula is C9H16OS. The molecule has 1 heterocycles. The fourth-order valence-corrected chi connectivity index (χ4v) is 2.69. The van der Waals surface area contributed by atoms with Gasteiger partial charge in [-0.3, -0.25) is 4.79 Å². The number of rotatable bonds is 3. The molecule has 1 saturated heterocycles. The lowest BCUT2D eigenvalue weighted by Gasteiger charge is -2.19. The van der Waals surface area contributed by atoms with Gasteiger partial charge in [-0.25, -0.2) is 0 Å². The minimum absolute atomic E-state index is 0.351. The molecule has 1 rings (SSSR count). The van der Waals surface area contributed by atoms with Gasteiger partial charge in [0, 0.05) is 6.42 Å². The summed E-state index contributed by atoms with van der Waals surface area (Å²) >= 11 is 1.86. The maximum absolute atomic E-state index is 11.4. The Morgan fingerprint density at radius 3 is 2.91 bits per heavy atom. The predicted molar refractivity (Wildman–Crippen MR) is 50.0 cm³/mol. The third-order valence-electron chi connectivity index (χ3n) is 2.04. The summed E-state index contributed by atoms with van der Waals surface area (Å²) in [5.41, 5.74) is 0. The van der Waals surface area contributed by atoms with E-state index in [0.29, 0.717) is 11.0 Å². The van der Waals surface area contributed by atoms with E-state index >= 15 is 0 Å². The quantitative estimate of drug-likeness (QED) is 0.651. The molecule has 1 aliphatic heterocycles. The molecule has 11 heavy (non-hydrogen) atoms. The topological polar surface area (TPSA) is 17.1 Å². The van der Waals surface area contributed by atoms with E-state index in [1.807, 2.05) is 11.8 Å². The van der Waals surface area contributed by atoms with E-state index in [1.165, 1.54) is 18.6 Å². The summed E-state index contributed by atoms with van der Waals surface area (Å²) < 4.78 is 0. The molecule has 2 heteroatoms. The molecule has 0 spiro atoms.